The van der Waals surface area contributed by atoms with Gasteiger partial charge in [0.1, 0.15) is 11.3 Å². The van der Waals surface area contributed by atoms with E-state index in [2.05, 4.69) is 56.4 Å². The molecule has 0 radical (unpaired) electrons. The first-order valence-electron chi connectivity index (χ1n) is 8.32. The van der Waals surface area contributed by atoms with Crippen LogP contribution in [-0.2, 0) is 12.8 Å². The highest BCUT2D eigenvalue weighted by atomic mass is 15.1. The van der Waals surface area contributed by atoms with Gasteiger partial charge in [-0.3, -0.25) is 0 Å². The van der Waals surface area contributed by atoms with Gasteiger partial charge >= 0.3 is 0 Å². The third-order valence-electron chi connectivity index (χ3n) is 4.60. The zero-order valence-electron chi connectivity index (χ0n) is 13.8. The zero-order valence-corrected chi connectivity index (χ0v) is 13.8. The van der Waals surface area contributed by atoms with Crippen LogP contribution < -0.4 is 0 Å². The monoisotopic (exact) mass is 319 g/mol. The Morgan fingerprint density at radius 2 is 1.33 bits per heavy atom. The Morgan fingerprint density at radius 1 is 0.833 bits per heavy atom. The molecule has 0 amide bonds. The van der Waals surface area contributed by atoms with Crippen molar-refractivity contribution in [1.29, 1.82) is 0 Å². The normalized spacial score (nSPS) is 11.8. The number of fused-ring (bicyclic) bond motifs is 2. The molecule has 122 valence electrons. The minimum Gasteiger partial charge on any atom is -0.346 e. The summed E-state index contributed by atoms with van der Waals surface area (Å²) >= 11 is 0. The van der Waals surface area contributed by atoms with Gasteiger partial charge in [-0.1, -0.05) is 0 Å². The first kappa shape index (κ1) is 14.9. The number of aromatic nitrogens is 4. The lowest BCUT2D eigenvalue weighted by molar-refractivity contribution is 0.343. The molecule has 5 heteroatoms. The average Bonchev–Trinajstić information content (AvgIpc) is 3.22. The highest BCUT2D eigenvalue weighted by Gasteiger charge is 2.08. The van der Waals surface area contributed by atoms with Crippen LogP contribution in [-0.4, -0.2) is 45.0 Å². The number of hydrogen-bond acceptors (Lipinski definition) is 3. The van der Waals surface area contributed by atoms with Crippen molar-refractivity contribution >= 4 is 22.1 Å². The second-order valence-electron chi connectivity index (χ2n) is 6.23. The van der Waals surface area contributed by atoms with Crippen molar-refractivity contribution in [2.45, 2.75) is 12.8 Å². The summed E-state index contributed by atoms with van der Waals surface area (Å²) in [6.07, 6.45) is 9.86. The lowest BCUT2D eigenvalue weighted by Crippen LogP contribution is -2.23. The molecule has 0 saturated heterocycles. The van der Waals surface area contributed by atoms with Gasteiger partial charge in [-0.25, -0.2) is 9.97 Å². The van der Waals surface area contributed by atoms with Gasteiger partial charge < -0.3 is 14.9 Å². The molecule has 0 atom stereocenters. The van der Waals surface area contributed by atoms with Crippen LogP contribution in [0.25, 0.3) is 22.1 Å². The van der Waals surface area contributed by atoms with Crippen molar-refractivity contribution in [1.82, 2.24) is 24.8 Å². The Kier molecular flexibility index (Phi) is 4.01. The van der Waals surface area contributed by atoms with Crippen molar-refractivity contribution < 1.29 is 0 Å². The number of hydrogen-bond donors (Lipinski definition) is 2. The molecule has 5 nitrogen and oxygen atoms in total. The predicted molar refractivity (Wildman–Crippen MR) is 97.1 cm³/mol. The molecule has 0 aromatic carbocycles. The van der Waals surface area contributed by atoms with E-state index in [0.717, 1.165) is 37.2 Å². The molecule has 0 aliphatic heterocycles. The van der Waals surface area contributed by atoms with E-state index < -0.39 is 0 Å². The van der Waals surface area contributed by atoms with Crippen molar-refractivity contribution in [3.8, 4) is 0 Å². The molecular formula is C19H21N5. The molecule has 0 aliphatic rings. The smallest absolute Gasteiger partial charge is 0.137 e. The van der Waals surface area contributed by atoms with E-state index in [1.54, 1.807) is 0 Å². The van der Waals surface area contributed by atoms with Crippen molar-refractivity contribution in [2.24, 2.45) is 0 Å². The van der Waals surface area contributed by atoms with E-state index in [0.29, 0.717) is 0 Å². The lowest BCUT2D eigenvalue weighted by Gasteiger charge is -2.16. The van der Waals surface area contributed by atoms with E-state index >= 15 is 0 Å². The number of pyridine rings is 2. The van der Waals surface area contributed by atoms with Crippen molar-refractivity contribution in [3.63, 3.8) is 0 Å². The van der Waals surface area contributed by atoms with Crippen LogP contribution in [0, 0.1) is 0 Å². The van der Waals surface area contributed by atoms with Crippen LogP contribution in [0.2, 0.25) is 0 Å². The topological polar surface area (TPSA) is 60.6 Å². The van der Waals surface area contributed by atoms with Crippen LogP contribution in [0.15, 0.2) is 49.1 Å². The molecule has 4 aromatic heterocycles. The fraction of sp³-hybridized carbons (Fsp3) is 0.263. The summed E-state index contributed by atoms with van der Waals surface area (Å²) in [4.78, 5) is 17.6. The van der Waals surface area contributed by atoms with Crippen LogP contribution in [0.4, 0.5) is 0 Å². The summed E-state index contributed by atoms with van der Waals surface area (Å²) in [5.74, 6) is 0. The second-order valence-corrected chi connectivity index (χ2v) is 6.23. The molecule has 0 spiro atoms. The van der Waals surface area contributed by atoms with Gasteiger partial charge in [-0.15, -0.1) is 0 Å². The molecule has 0 saturated carbocycles. The van der Waals surface area contributed by atoms with Gasteiger partial charge in [-0.2, -0.15) is 0 Å². The predicted octanol–water partition coefficient (Wildman–Crippen LogP) is 3.16. The molecule has 4 heterocycles. The van der Waals surface area contributed by atoms with Gasteiger partial charge in [0.15, 0.2) is 0 Å². The molecule has 2 N–H and O–H groups in total. The Morgan fingerprint density at radius 3 is 1.83 bits per heavy atom. The third kappa shape index (κ3) is 2.90. The minimum absolute atomic E-state index is 0.974. The number of nitrogens with one attached hydrogen (secondary N) is 2. The maximum absolute atomic E-state index is 4.35. The number of likely N-dealkylation sites (N-methyl/N-ethyl adjacent to an activating group) is 1. The third-order valence-corrected chi connectivity index (χ3v) is 4.60. The summed E-state index contributed by atoms with van der Waals surface area (Å²) in [5.41, 5.74) is 4.62. The molecular weight excluding hydrogens is 298 g/mol. The summed E-state index contributed by atoms with van der Waals surface area (Å²) in [7, 11) is 2.18. The number of aromatic amines is 2. The fourth-order valence-electron chi connectivity index (χ4n) is 3.17. The summed E-state index contributed by atoms with van der Waals surface area (Å²) in [6, 6.07) is 8.25. The Hall–Kier alpha value is -2.66. The summed E-state index contributed by atoms with van der Waals surface area (Å²) in [6.45, 7) is 2.06. The Balaban J connectivity index is 1.36. The Labute approximate surface area is 140 Å². The maximum atomic E-state index is 4.35. The van der Waals surface area contributed by atoms with Gasteiger partial charge in [0.25, 0.3) is 0 Å². The minimum atomic E-state index is 0.974. The zero-order chi connectivity index (χ0) is 16.4. The number of H-pyrrole nitrogens is 2. The quantitative estimate of drug-likeness (QED) is 0.574. The lowest BCUT2D eigenvalue weighted by atomic mass is 10.1. The first-order chi connectivity index (χ1) is 11.8. The van der Waals surface area contributed by atoms with E-state index in [4.69, 9.17) is 0 Å². The highest BCUT2D eigenvalue weighted by Crippen LogP contribution is 2.18. The van der Waals surface area contributed by atoms with Crippen LogP contribution in [0.5, 0.6) is 0 Å². The summed E-state index contributed by atoms with van der Waals surface area (Å²) < 4.78 is 0. The van der Waals surface area contributed by atoms with Crippen LogP contribution >= 0.6 is 0 Å². The first-order valence-corrected chi connectivity index (χ1v) is 8.32. The molecule has 0 aliphatic carbocycles. The fourth-order valence-corrected chi connectivity index (χ4v) is 3.17. The molecule has 0 fully saturated rings. The average molecular weight is 319 g/mol. The van der Waals surface area contributed by atoms with Gasteiger partial charge in [-0.05, 0) is 55.3 Å². The van der Waals surface area contributed by atoms with Crippen LogP contribution in [0.3, 0.4) is 0 Å². The molecule has 4 aromatic rings. The van der Waals surface area contributed by atoms with E-state index in [9.17, 15) is 0 Å². The van der Waals surface area contributed by atoms with Gasteiger partial charge in [0.2, 0.25) is 0 Å². The van der Waals surface area contributed by atoms with Crippen LogP contribution in [0.1, 0.15) is 11.1 Å². The second kappa shape index (κ2) is 6.45. The van der Waals surface area contributed by atoms with Gasteiger partial charge in [0, 0.05) is 48.6 Å². The van der Waals surface area contributed by atoms with Crippen molar-refractivity contribution in [3.05, 3.63) is 60.2 Å². The molecule has 24 heavy (non-hydrogen) atoms. The number of rotatable bonds is 6. The standard InChI is InChI=1S/C19H21N5/c1-24(10-6-14-12-22-18-16(14)4-2-8-20-18)11-7-15-13-23-19-17(15)5-3-9-21-19/h2-5,8-9,12-13H,6-7,10-11H2,1H3,(H,20,22)(H,21,23). The Bertz CT molecular complexity index is 874. The van der Waals surface area contributed by atoms with E-state index in [-0.39, 0.29) is 0 Å². The number of nitrogens with zero attached hydrogens (tertiary/aromatic N) is 3. The SMILES string of the molecule is CN(CCc1c[nH]c2ncccc12)CCc1c[nH]c2ncccc12. The largest absolute Gasteiger partial charge is 0.346 e. The van der Waals surface area contributed by atoms with E-state index in [1.165, 1.54) is 21.9 Å². The summed E-state index contributed by atoms with van der Waals surface area (Å²) in [5, 5.41) is 2.46. The maximum Gasteiger partial charge on any atom is 0.137 e. The molecule has 4 rings (SSSR count). The van der Waals surface area contributed by atoms with Gasteiger partial charge in [0.05, 0.1) is 0 Å². The van der Waals surface area contributed by atoms with Crippen molar-refractivity contribution in [2.75, 3.05) is 20.1 Å². The van der Waals surface area contributed by atoms with E-state index in [1.807, 2.05) is 24.5 Å². The molecule has 0 bridgehead atoms. The highest BCUT2D eigenvalue weighted by molar-refractivity contribution is 5.80. The molecule has 0 unspecified atom stereocenters.